The van der Waals surface area contributed by atoms with E-state index in [2.05, 4.69) is 22.1 Å². The van der Waals surface area contributed by atoms with Gasteiger partial charge in [-0.15, -0.1) is 0 Å². The first kappa shape index (κ1) is 16.2. The Morgan fingerprint density at radius 3 is 2.72 bits per heavy atom. The zero-order chi connectivity index (χ0) is 17.4. The van der Waals surface area contributed by atoms with E-state index in [1.54, 1.807) is 30.5 Å². The van der Waals surface area contributed by atoms with Crippen LogP contribution in [0.5, 0.6) is 0 Å². The lowest BCUT2D eigenvalue weighted by Gasteiger charge is -2.18. The first-order valence-electron chi connectivity index (χ1n) is 8.91. The fraction of sp³-hybridized carbons (Fsp3) is 0.400. The van der Waals surface area contributed by atoms with Gasteiger partial charge in [0.25, 0.3) is 5.91 Å². The van der Waals surface area contributed by atoms with Crippen LogP contribution in [0.25, 0.3) is 11.3 Å². The molecule has 1 aliphatic carbocycles. The molecule has 2 aromatic rings. The molecule has 4 rings (SSSR count). The number of nitrogens with zero attached hydrogens (tertiary/aromatic N) is 2. The van der Waals surface area contributed by atoms with Crippen LogP contribution in [0.3, 0.4) is 0 Å². The van der Waals surface area contributed by atoms with Gasteiger partial charge in [-0.05, 0) is 49.1 Å². The van der Waals surface area contributed by atoms with Crippen LogP contribution in [0.2, 0.25) is 0 Å². The van der Waals surface area contributed by atoms with Crippen LogP contribution in [0.1, 0.15) is 23.7 Å². The Balaban J connectivity index is 1.36. The standard InChI is InChI=1S/C20H22FN3O/c1-2-8-24-11-16-17(12-24)19(16)23-20(25)14-6-7-18(22-10-14)13-4-3-5-15(21)9-13/h3-7,9-10,16-17,19H,2,8,11-12H2,1H3,(H,23,25)/t16-,17+,19?. The summed E-state index contributed by atoms with van der Waals surface area (Å²) >= 11 is 0. The molecule has 5 heteroatoms. The molecule has 0 bridgehead atoms. The summed E-state index contributed by atoms with van der Waals surface area (Å²) in [5.41, 5.74) is 1.92. The van der Waals surface area contributed by atoms with Gasteiger partial charge in [-0.1, -0.05) is 19.1 Å². The molecule has 0 spiro atoms. The number of hydrogen-bond acceptors (Lipinski definition) is 3. The SMILES string of the molecule is CCCN1C[C@@H]2C(NC(=O)c3ccc(-c4cccc(F)c4)nc3)[C@@H]2C1. The van der Waals surface area contributed by atoms with Crippen molar-refractivity contribution in [1.82, 2.24) is 15.2 Å². The van der Waals surface area contributed by atoms with Crippen molar-refractivity contribution >= 4 is 5.91 Å². The van der Waals surface area contributed by atoms with Crippen LogP contribution in [0.4, 0.5) is 4.39 Å². The lowest BCUT2D eigenvalue weighted by molar-refractivity contribution is 0.0942. The highest BCUT2D eigenvalue weighted by molar-refractivity contribution is 5.94. The van der Waals surface area contributed by atoms with Gasteiger partial charge in [-0.3, -0.25) is 9.78 Å². The Hall–Kier alpha value is -2.27. The molecular formula is C20H22FN3O. The molecule has 1 saturated carbocycles. The minimum Gasteiger partial charge on any atom is -0.349 e. The van der Waals surface area contributed by atoms with Crippen molar-refractivity contribution in [3.63, 3.8) is 0 Å². The zero-order valence-electron chi connectivity index (χ0n) is 14.3. The van der Waals surface area contributed by atoms with Gasteiger partial charge in [-0.2, -0.15) is 0 Å². The largest absolute Gasteiger partial charge is 0.349 e. The van der Waals surface area contributed by atoms with Gasteiger partial charge >= 0.3 is 0 Å². The number of nitrogens with one attached hydrogen (secondary N) is 1. The third-order valence-electron chi connectivity index (χ3n) is 5.25. The van der Waals surface area contributed by atoms with E-state index in [9.17, 15) is 9.18 Å². The first-order chi connectivity index (χ1) is 12.2. The zero-order valence-corrected chi connectivity index (χ0v) is 14.3. The molecule has 1 unspecified atom stereocenters. The molecule has 1 amide bonds. The quantitative estimate of drug-likeness (QED) is 0.911. The molecule has 0 radical (unpaired) electrons. The smallest absolute Gasteiger partial charge is 0.253 e. The molecule has 1 aromatic carbocycles. The van der Waals surface area contributed by atoms with Crippen LogP contribution in [-0.4, -0.2) is 41.5 Å². The van der Waals surface area contributed by atoms with Crippen molar-refractivity contribution in [3.8, 4) is 11.3 Å². The van der Waals surface area contributed by atoms with Crippen LogP contribution in [0.15, 0.2) is 42.6 Å². The minimum absolute atomic E-state index is 0.0697. The number of likely N-dealkylation sites (tertiary alicyclic amines) is 1. The van der Waals surface area contributed by atoms with Gasteiger partial charge in [0.15, 0.2) is 0 Å². The number of hydrogen-bond donors (Lipinski definition) is 1. The molecule has 1 N–H and O–H groups in total. The fourth-order valence-electron chi connectivity index (χ4n) is 3.91. The van der Waals surface area contributed by atoms with E-state index >= 15 is 0 Å². The molecule has 2 aliphatic rings. The second-order valence-corrected chi connectivity index (χ2v) is 7.03. The first-order valence-corrected chi connectivity index (χ1v) is 8.91. The van der Waals surface area contributed by atoms with E-state index in [1.165, 1.54) is 18.6 Å². The highest BCUT2D eigenvalue weighted by Gasteiger charge is 2.56. The van der Waals surface area contributed by atoms with Crippen molar-refractivity contribution < 1.29 is 9.18 Å². The highest BCUT2D eigenvalue weighted by Crippen LogP contribution is 2.45. The lowest BCUT2D eigenvalue weighted by Crippen LogP contribution is -2.34. The molecular weight excluding hydrogens is 317 g/mol. The number of rotatable bonds is 5. The summed E-state index contributed by atoms with van der Waals surface area (Å²) in [7, 11) is 0. The predicted octanol–water partition coefficient (Wildman–Crippen LogP) is 2.96. The second-order valence-electron chi connectivity index (χ2n) is 7.03. The number of amides is 1. The van der Waals surface area contributed by atoms with Crippen molar-refractivity contribution in [1.29, 1.82) is 0 Å². The number of aromatic nitrogens is 1. The van der Waals surface area contributed by atoms with Crippen LogP contribution >= 0.6 is 0 Å². The van der Waals surface area contributed by atoms with E-state index < -0.39 is 0 Å². The summed E-state index contributed by atoms with van der Waals surface area (Å²) in [6.45, 7) is 5.54. The summed E-state index contributed by atoms with van der Waals surface area (Å²) in [5.74, 6) is 0.850. The molecule has 4 nitrogen and oxygen atoms in total. The van der Waals surface area contributed by atoms with Crippen molar-refractivity contribution in [2.24, 2.45) is 11.8 Å². The summed E-state index contributed by atoms with van der Waals surface area (Å²) < 4.78 is 13.3. The molecule has 1 saturated heterocycles. The highest BCUT2D eigenvalue weighted by atomic mass is 19.1. The van der Waals surface area contributed by atoms with Gasteiger partial charge in [0, 0.05) is 30.9 Å². The molecule has 1 aromatic heterocycles. The number of fused-ring (bicyclic) bond motifs is 1. The van der Waals surface area contributed by atoms with E-state index in [1.807, 2.05) is 0 Å². The van der Waals surface area contributed by atoms with Crippen LogP contribution in [-0.2, 0) is 0 Å². The van der Waals surface area contributed by atoms with E-state index in [0.29, 0.717) is 34.7 Å². The Kier molecular flexibility index (Phi) is 4.25. The van der Waals surface area contributed by atoms with Crippen molar-refractivity contribution in [2.45, 2.75) is 19.4 Å². The topological polar surface area (TPSA) is 45.2 Å². The number of carbonyl (C=O) groups is 1. The summed E-state index contributed by atoms with van der Waals surface area (Å²) in [4.78, 5) is 19.2. The third kappa shape index (κ3) is 3.29. The van der Waals surface area contributed by atoms with E-state index in [0.717, 1.165) is 19.6 Å². The number of pyridine rings is 1. The molecule has 1 aliphatic heterocycles. The minimum atomic E-state index is -0.293. The van der Waals surface area contributed by atoms with Gasteiger partial charge in [-0.25, -0.2) is 4.39 Å². The van der Waals surface area contributed by atoms with Crippen LogP contribution in [0, 0.1) is 17.7 Å². The average molecular weight is 339 g/mol. The maximum Gasteiger partial charge on any atom is 0.253 e. The molecule has 2 heterocycles. The van der Waals surface area contributed by atoms with E-state index in [4.69, 9.17) is 0 Å². The molecule has 130 valence electrons. The summed E-state index contributed by atoms with van der Waals surface area (Å²) in [6.07, 6.45) is 2.75. The number of benzene rings is 1. The third-order valence-corrected chi connectivity index (χ3v) is 5.25. The maximum atomic E-state index is 13.3. The molecule has 2 fully saturated rings. The average Bonchev–Trinajstić information content (AvgIpc) is 3.05. The Labute approximate surface area is 147 Å². The number of halogens is 1. The maximum absolute atomic E-state index is 13.3. The lowest BCUT2D eigenvalue weighted by atomic mass is 10.1. The summed E-state index contributed by atoms with van der Waals surface area (Å²) in [6, 6.07) is 10.1. The predicted molar refractivity (Wildman–Crippen MR) is 94.6 cm³/mol. The van der Waals surface area contributed by atoms with Gasteiger partial charge in [0.1, 0.15) is 5.82 Å². The normalized spacial score (nSPS) is 24.8. The van der Waals surface area contributed by atoms with Crippen molar-refractivity contribution in [2.75, 3.05) is 19.6 Å². The Bertz CT molecular complexity index is 765. The fourth-order valence-corrected chi connectivity index (χ4v) is 3.91. The number of carbonyl (C=O) groups excluding carboxylic acids is 1. The van der Waals surface area contributed by atoms with Crippen molar-refractivity contribution in [3.05, 3.63) is 54.0 Å². The Morgan fingerprint density at radius 2 is 2.08 bits per heavy atom. The molecule has 25 heavy (non-hydrogen) atoms. The van der Waals surface area contributed by atoms with Gasteiger partial charge < -0.3 is 10.2 Å². The monoisotopic (exact) mass is 339 g/mol. The van der Waals surface area contributed by atoms with Gasteiger partial charge in [0.2, 0.25) is 0 Å². The second kappa shape index (κ2) is 6.56. The molecule has 3 atom stereocenters. The van der Waals surface area contributed by atoms with Gasteiger partial charge in [0.05, 0.1) is 11.3 Å². The number of piperidine rings is 1. The van der Waals surface area contributed by atoms with Crippen LogP contribution < -0.4 is 5.32 Å². The Morgan fingerprint density at radius 1 is 1.28 bits per heavy atom. The van der Waals surface area contributed by atoms with E-state index in [-0.39, 0.29) is 11.7 Å². The summed E-state index contributed by atoms with van der Waals surface area (Å²) in [5, 5.41) is 3.14.